The quantitative estimate of drug-likeness (QED) is 0.828. The minimum absolute atomic E-state index is 0.0286. The molecule has 0 radical (unpaired) electrons. The first kappa shape index (κ1) is 15.4. The maximum Gasteiger partial charge on any atom is 0.348 e. The van der Waals surface area contributed by atoms with Gasteiger partial charge in [0.15, 0.2) is 0 Å². The molecule has 20 heavy (non-hydrogen) atoms. The lowest BCUT2D eigenvalue weighted by molar-refractivity contribution is 0.568. The highest BCUT2D eigenvalue weighted by molar-refractivity contribution is 9.10. The minimum atomic E-state index is -0.226. The van der Waals surface area contributed by atoms with Gasteiger partial charge >= 0.3 is 5.69 Å². The van der Waals surface area contributed by atoms with Crippen LogP contribution in [0.3, 0.4) is 0 Å². The first-order valence-corrected chi connectivity index (χ1v) is 8.06. The van der Waals surface area contributed by atoms with E-state index in [-0.39, 0.29) is 11.1 Å². The Labute approximate surface area is 131 Å². The third-order valence-corrected chi connectivity index (χ3v) is 5.13. The number of hydrogen-bond donors (Lipinski definition) is 0. The summed E-state index contributed by atoms with van der Waals surface area (Å²) in [4.78, 5) is 20.7. The average Bonchev–Trinajstić information content (AvgIpc) is 2.80. The van der Waals surface area contributed by atoms with E-state index in [1.807, 2.05) is 13.8 Å². The van der Waals surface area contributed by atoms with Gasteiger partial charge in [-0.1, -0.05) is 20.8 Å². The van der Waals surface area contributed by atoms with E-state index < -0.39 is 0 Å². The molecule has 0 N–H and O–H groups in total. The molecule has 108 valence electrons. The molecule has 0 unspecified atom stereocenters. The van der Waals surface area contributed by atoms with E-state index in [2.05, 4.69) is 52.0 Å². The molecule has 0 spiro atoms. The molecule has 0 aliphatic carbocycles. The van der Waals surface area contributed by atoms with Crippen molar-refractivity contribution >= 4 is 27.3 Å². The van der Waals surface area contributed by atoms with Gasteiger partial charge in [0.1, 0.15) is 5.01 Å². The zero-order valence-electron chi connectivity index (χ0n) is 12.3. The van der Waals surface area contributed by atoms with Gasteiger partial charge in [0.25, 0.3) is 0 Å². The van der Waals surface area contributed by atoms with E-state index in [4.69, 9.17) is 0 Å². The summed E-state index contributed by atoms with van der Waals surface area (Å²) in [7, 11) is 0. The maximum atomic E-state index is 12.0. The number of halogens is 1. The van der Waals surface area contributed by atoms with Gasteiger partial charge in [0.2, 0.25) is 0 Å². The molecule has 0 saturated heterocycles. The molecule has 0 bridgehead atoms. The van der Waals surface area contributed by atoms with E-state index in [9.17, 15) is 4.79 Å². The van der Waals surface area contributed by atoms with Gasteiger partial charge < -0.3 is 0 Å². The Bertz CT molecular complexity index is 697. The van der Waals surface area contributed by atoms with E-state index in [0.717, 1.165) is 26.6 Å². The normalized spacial score (nSPS) is 11.9. The molecule has 2 heterocycles. The number of thiazole rings is 1. The molecular weight excluding hydrogens is 338 g/mol. The highest BCUT2D eigenvalue weighted by atomic mass is 79.9. The number of nitrogens with zero attached hydrogens (tertiary/aromatic N) is 3. The van der Waals surface area contributed by atoms with E-state index in [1.165, 1.54) is 0 Å². The Morgan fingerprint density at radius 2 is 1.95 bits per heavy atom. The van der Waals surface area contributed by atoms with Crippen molar-refractivity contribution in [1.29, 1.82) is 0 Å². The van der Waals surface area contributed by atoms with Crippen LogP contribution in [0, 0.1) is 13.8 Å². The van der Waals surface area contributed by atoms with Crippen LogP contribution < -0.4 is 5.69 Å². The second kappa shape index (κ2) is 5.41. The van der Waals surface area contributed by atoms with Gasteiger partial charge in [0, 0.05) is 16.5 Å². The highest BCUT2D eigenvalue weighted by Crippen LogP contribution is 2.24. The molecule has 0 amide bonds. The molecule has 2 aromatic rings. The second-order valence-electron chi connectivity index (χ2n) is 5.84. The summed E-state index contributed by atoms with van der Waals surface area (Å²) in [5.41, 5.74) is 2.47. The standard InChI is InChI=1S/C14H18BrN3OS/c1-8-12(15)9(2)18(13(19)16-8)6-11-17-10(7-20-11)14(3,4)5/h7H,6H2,1-5H3. The van der Waals surface area contributed by atoms with Crippen molar-refractivity contribution in [3.05, 3.63) is 42.4 Å². The largest absolute Gasteiger partial charge is 0.348 e. The zero-order valence-corrected chi connectivity index (χ0v) is 14.7. The summed E-state index contributed by atoms with van der Waals surface area (Å²) in [6, 6.07) is 0. The Balaban J connectivity index is 2.39. The zero-order chi connectivity index (χ0) is 15.1. The third-order valence-electron chi connectivity index (χ3n) is 3.15. The van der Waals surface area contributed by atoms with E-state index in [0.29, 0.717) is 6.54 Å². The molecule has 6 heteroatoms. The van der Waals surface area contributed by atoms with Crippen LogP contribution in [0.15, 0.2) is 14.6 Å². The Hall–Kier alpha value is -1.01. The Kier molecular flexibility index (Phi) is 4.16. The van der Waals surface area contributed by atoms with Crippen molar-refractivity contribution in [2.24, 2.45) is 0 Å². The van der Waals surface area contributed by atoms with E-state index >= 15 is 0 Å². The average molecular weight is 356 g/mol. The van der Waals surface area contributed by atoms with Gasteiger partial charge in [-0.3, -0.25) is 4.57 Å². The SMILES string of the molecule is Cc1nc(=O)n(Cc2nc(C(C)(C)C)cs2)c(C)c1Br. The van der Waals surface area contributed by atoms with Gasteiger partial charge in [-0.2, -0.15) is 4.98 Å². The van der Waals surface area contributed by atoms with Gasteiger partial charge in [0.05, 0.1) is 22.4 Å². The molecule has 0 aromatic carbocycles. The van der Waals surface area contributed by atoms with Crippen LogP contribution in [-0.4, -0.2) is 14.5 Å². The van der Waals surface area contributed by atoms with Crippen LogP contribution >= 0.6 is 27.3 Å². The molecule has 0 fully saturated rings. The van der Waals surface area contributed by atoms with Crippen molar-refractivity contribution < 1.29 is 0 Å². The second-order valence-corrected chi connectivity index (χ2v) is 7.58. The lowest BCUT2D eigenvalue weighted by atomic mass is 9.93. The van der Waals surface area contributed by atoms with Gasteiger partial charge in [-0.15, -0.1) is 11.3 Å². The lowest BCUT2D eigenvalue weighted by Crippen LogP contribution is -2.27. The van der Waals surface area contributed by atoms with Crippen LogP contribution in [0.2, 0.25) is 0 Å². The number of aromatic nitrogens is 3. The summed E-state index contributed by atoms with van der Waals surface area (Å²) in [5, 5.41) is 2.99. The maximum absolute atomic E-state index is 12.0. The first-order valence-electron chi connectivity index (χ1n) is 6.38. The summed E-state index contributed by atoms with van der Waals surface area (Å²) in [6.45, 7) is 10.6. The van der Waals surface area contributed by atoms with Crippen molar-refractivity contribution in [3.8, 4) is 0 Å². The molecule has 2 aromatic heterocycles. The fourth-order valence-electron chi connectivity index (χ4n) is 1.83. The van der Waals surface area contributed by atoms with Crippen molar-refractivity contribution in [3.63, 3.8) is 0 Å². The Morgan fingerprint density at radius 1 is 1.30 bits per heavy atom. The third kappa shape index (κ3) is 3.01. The predicted molar refractivity (Wildman–Crippen MR) is 85.6 cm³/mol. The smallest absolute Gasteiger partial charge is 0.289 e. The summed E-state index contributed by atoms with van der Waals surface area (Å²) in [6.07, 6.45) is 0. The van der Waals surface area contributed by atoms with Crippen molar-refractivity contribution in [2.75, 3.05) is 0 Å². The Morgan fingerprint density at radius 3 is 2.50 bits per heavy atom. The summed E-state index contributed by atoms with van der Waals surface area (Å²) in [5.74, 6) is 0. The topological polar surface area (TPSA) is 47.8 Å². The van der Waals surface area contributed by atoms with Crippen LogP contribution in [0.4, 0.5) is 0 Å². The monoisotopic (exact) mass is 355 g/mol. The van der Waals surface area contributed by atoms with Gasteiger partial charge in [-0.05, 0) is 29.8 Å². The minimum Gasteiger partial charge on any atom is -0.289 e. The first-order chi connectivity index (χ1) is 9.20. The molecule has 4 nitrogen and oxygen atoms in total. The summed E-state index contributed by atoms with van der Waals surface area (Å²) < 4.78 is 2.53. The summed E-state index contributed by atoms with van der Waals surface area (Å²) >= 11 is 5.06. The van der Waals surface area contributed by atoms with Crippen LogP contribution in [0.25, 0.3) is 0 Å². The molecule has 2 rings (SSSR count). The van der Waals surface area contributed by atoms with Crippen LogP contribution in [-0.2, 0) is 12.0 Å². The molecule has 0 aliphatic rings. The number of rotatable bonds is 2. The van der Waals surface area contributed by atoms with Gasteiger partial charge in [-0.25, -0.2) is 9.78 Å². The highest BCUT2D eigenvalue weighted by Gasteiger charge is 2.18. The molecule has 0 saturated carbocycles. The number of hydrogen-bond acceptors (Lipinski definition) is 4. The fraction of sp³-hybridized carbons (Fsp3) is 0.500. The van der Waals surface area contributed by atoms with Crippen LogP contribution in [0.1, 0.15) is 42.9 Å². The molecule has 0 aliphatic heterocycles. The lowest BCUT2D eigenvalue weighted by Gasteiger charge is -2.14. The molecule has 0 atom stereocenters. The van der Waals surface area contributed by atoms with Crippen LogP contribution in [0.5, 0.6) is 0 Å². The van der Waals surface area contributed by atoms with Crippen molar-refractivity contribution in [2.45, 2.75) is 46.6 Å². The number of aryl methyl sites for hydroxylation is 1. The molecular formula is C14H18BrN3OS. The fourth-order valence-corrected chi connectivity index (χ4v) is 3.14. The predicted octanol–water partition coefficient (Wildman–Crippen LogP) is 3.42. The van der Waals surface area contributed by atoms with E-state index in [1.54, 1.807) is 15.9 Å². The van der Waals surface area contributed by atoms with Crippen molar-refractivity contribution in [1.82, 2.24) is 14.5 Å².